The SMILES string of the molecule is Cc1cc2c(nc1N)N1CCNC[C@@H]1CCO2. The van der Waals surface area contributed by atoms with Crippen LogP contribution in [0.3, 0.4) is 0 Å². The van der Waals surface area contributed by atoms with Gasteiger partial charge >= 0.3 is 0 Å². The predicted octanol–water partition coefficient (Wildman–Crippen LogP) is 0.533. The number of aromatic nitrogens is 1. The van der Waals surface area contributed by atoms with E-state index in [2.05, 4.69) is 15.2 Å². The summed E-state index contributed by atoms with van der Waals surface area (Å²) in [5.74, 6) is 2.39. The number of nitrogens with two attached hydrogens (primary N) is 1. The number of anilines is 2. The summed E-state index contributed by atoms with van der Waals surface area (Å²) in [6, 6.07) is 2.47. The maximum absolute atomic E-state index is 5.91. The highest BCUT2D eigenvalue weighted by atomic mass is 16.5. The Morgan fingerprint density at radius 1 is 1.59 bits per heavy atom. The average molecular weight is 234 g/mol. The van der Waals surface area contributed by atoms with E-state index in [0.717, 1.165) is 49.8 Å². The number of fused-ring (bicyclic) bond motifs is 3. The number of pyridine rings is 1. The number of nitrogen functional groups attached to an aromatic ring is 1. The third-order valence-electron chi connectivity index (χ3n) is 3.53. The number of ether oxygens (including phenoxy) is 1. The Balaban J connectivity index is 2.05. The van der Waals surface area contributed by atoms with Gasteiger partial charge < -0.3 is 20.7 Å². The van der Waals surface area contributed by atoms with Gasteiger partial charge in [0.1, 0.15) is 5.82 Å². The fraction of sp³-hybridized carbons (Fsp3) is 0.583. The Hall–Kier alpha value is -1.49. The summed E-state index contributed by atoms with van der Waals surface area (Å²) < 4.78 is 5.79. The van der Waals surface area contributed by atoms with Crippen LogP contribution in [0.1, 0.15) is 12.0 Å². The second kappa shape index (κ2) is 4.07. The summed E-state index contributed by atoms with van der Waals surface area (Å²) in [6.45, 7) is 5.67. The molecule has 0 aromatic carbocycles. The molecule has 1 aromatic heterocycles. The minimum atomic E-state index is 0.472. The van der Waals surface area contributed by atoms with E-state index >= 15 is 0 Å². The molecule has 1 saturated heterocycles. The maximum atomic E-state index is 5.91. The highest BCUT2D eigenvalue weighted by Crippen LogP contribution is 2.34. The van der Waals surface area contributed by atoms with Crippen LogP contribution in [-0.4, -0.2) is 37.3 Å². The van der Waals surface area contributed by atoms with Gasteiger partial charge in [0.15, 0.2) is 11.6 Å². The Morgan fingerprint density at radius 3 is 3.35 bits per heavy atom. The van der Waals surface area contributed by atoms with Crippen LogP contribution in [0.25, 0.3) is 0 Å². The molecule has 3 rings (SSSR count). The number of piperazine rings is 1. The van der Waals surface area contributed by atoms with E-state index in [1.807, 2.05) is 13.0 Å². The Kier molecular flexibility index (Phi) is 2.55. The molecule has 2 aliphatic heterocycles. The molecule has 0 bridgehead atoms. The molecule has 1 aromatic rings. The minimum absolute atomic E-state index is 0.472. The smallest absolute Gasteiger partial charge is 0.173 e. The molecule has 1 fully saturated rings. The first kappa shape index (κ1) is 10.7. The molecule has 92 valence electrons. The van der Waals surface area contributed by atoms with E-state index in [9.17, 15) is 0 Å². The number of nitrogens with zero attached hydrogens (tertiary/aromatic N) is 2. The molecule has 3 N–H and O–H groups in total. The van der Waals surface area contributed by atoms with Gasteiger partial charge in [-0.2, -0.15) is 0 Å². The highest BCUT2D eigenvalue weighted by molar-refractivity contribution is 5.60. The Labute approximate surface area is 101 Å². The molecule has 0 aliphatic carbocycles. The first-order chi connectivity index (χ1) is 8.25. The lowest BCUT2D eigenvalue weighted by molar-refractivity contribution is 0.303. The summed E-state index contributed by atoms with van der Waals surface area (Å²) in [5.41, 5.74) is 6.89. The van der Waals surface area contributed by atoms with Gasteiger partial charge in [0, 0.05) is 32.1 Å². The summed E-state index contributed by atoms with van der Waals surface area (Å²) in [4.78, 5) is 6.84. The zero-order valence-corrected chi connectivity index (χ0v) is 10.1. The Morgan fingerprint density at radius 2 is 2.47 bits per heavy atom. The first-order valence-electron chi connectivity index (χ1n) is 6.13. The van der Waals surface area contributed by atoms with Crippen LogP contribution in [0.2, 0.25) is 0 Å². The van der Waals surface area contributed by atoms with Crippen molar-refractivity contribution >= 4 is 11.6 Å². The van der Waals surface area contributed by atoms with Crippen LogP contribution in [0.15, 0.2) is 6.07 Å². The summed E-state index contributed by atoms with van der Waals surface area (Å²) in [7, 11) is 0. The van der Waals surface area contributed by atoms with Gasteiger partial charge in [-0.15, -0.1) is 0 Å². The second-order valence-corrected chi connectivity index (χ2v) is 4.70. The van der Waals surface area contributed by atoms with Crippen molar-refractivity contribution in [1.29, 1.82) is 0 Å². The van der Waals surface area contributed by atoms with Crippen molar-refractivity contribution in [2.24, 2.45) is 0 Å². The number of hydrogen-bond donors (Lipinski definition) is 2. The predicted molar refractivity (Wildman–Crippen MR) is 67.5 cm³/mol. The first-order valence-corrected chi connectivity index (χ1v) is 6.13. The summed E-state index contributed by atoms with van der Waals surface area (Å²) in [6.07, 6.45) is 1.03. The van der Waals surface area contributed by atoms with E-state index in [-0.39, 0.29) is 0 Å². The van der Waals surface area contributed by atoms with Crippen LogP contribution < -0.4 is 20.7 Å². The quantitative estimate of drug-likeness (QED) is 0.685. The van der Waals surface area contributed by atoms with Crippen LogP contribution in [0, 0.1) is 6.92 Å². The van der Waals surface area contributed by atoms with Crippen molar-refractivity contribution in [2.75, 3.05) is 36.9 Å². The minimum Gasteiger partial charge on any atom is -0.490 e. The van der Waals surface area contributed by atoms with Crippen molar-refractivity contribution in [3.8, 4) is 5.75 Å². The zero-order chi connectivity index (χ0) is 11.8. The number of nitrogens with one attached hydrogen (secondary N) is 1. The molecule has 0 radical (unpaired) electrons. The number of aryl methyl sites for hydroxylation is 1. The third kappa shape index (κ3) is 1.80. The fourth-order valence-corrected chi connectivity index (χ4v) is 2.51. The van der Waals surface area contributed by atoms with Crippen molar-refractivity contribution in [3.63, 3.8) is 0 Å². The molecule has 1 atom stereocenters. The molecule has 5 nitrogen and oxygen atoms in total. The van der Waals surface area contributed by atoms with Gasteiger partial charge in [-0.1, -0.05) is 0 Å². The fourth-order valence-electron chi connectivity index (χ4n) is 2.51. The highest BCUT2D eigenvalue weighted by Gasteiger charge is 2.29. The molecule has 5 heteroatoms. The van der Waals surface area contributed by atoms with Gasteiger partial charge in [0.05, 0.1) is 6.61 Å². The topological polar surface area (TPSA) is 63.4 Å². The molecule has 0 amide bonds. The molecule has 0 saturated carbocycles. The van der Waals surface area contributed by atoms with Gasteiger partial charge in [-0.25, -0.2) is 4.98 Å². The zero-order valence-electron chi connectivity index (χ0n) is 10.1. The maximum Gasteiger partial charge on any atom is 0.173 e. The number of hydrogen-bond acceptors (Lipinski definition) is 5. The molecule has 0 unspecified atom stereocenters. The summed E-state index contributed by atoms with van der Waals surface area (Å²) in [5, 5.41) is 3.41. The largest absolute Gasteiger partial charge is 0.490 e. The van der Waals surface area contributed by atoms with Crippen molar-refractivity contribution < 1.29 is 4.74 Å². The second-order valence-electron chi connectivity index (χ2n) is 4.70. The summed E-state index contributed by atoms with van der Waals surface area (Å²) >= 11 is 0. The van der Waals surface area contributed by atoms with E-state index in [1.165, 1.54) is 0 Å². The average Bonchev–Trinajstić information content (AvgIpc) is 2.50. The molecule has 17 heavy (non-hydrogen) atoms. The monoisotopic (exact) mass is 234 g/mol. The van der Waals surface area contributed by atoms with Gasteiger partial charge in [0.25, 0.3) is 0 Å². The van der Waals surface area contributed by atoms with Crippen LogP contribution >= 0.6 is 0 Å². The van der Waals surface area contributed by atoms with E-state index in [0.29, 0.717) is 11.9 Å². The van der Waals surface area contributed by atoms with Gasteiger partial charge in [0.2, 0.25) is 0 Å². The standard InChI is InChI=1S/C12H18N4O/c1-8-6-10-12(15-11(8)13)16-4-3-14-7-9(16)2-5-17-10/h6,9,14H,2-5,7H2,1H3,(H2,13,15)/t9-/m0/s1. The van der Waals surface area contributed by atoms with Crippen molar-refractivity contribution in [2.45, 2.75) is 19.4 Å². The molecule has 2 aliphatic rings. The van der Waals surface area contributed by atoms with Gasteiger partial charge in [-0.3, -0.25) is 0 Å². The van der Waals surface area contributed by atoms with E-state index in [1.54, 1.807) is 0 Å². The van der Waals surface area contributed by atoms with Gasteiger partial charge in [-0.05, 0) is 18.6 Å². The van der Waals surface area contributed by atoms with E-state index < -0.39 is 0 Å². The Bertz CT molecular complexity index is 435. The van der Waals surface area contributed by atoms with Crippen molar-refractivity contribution in [1.82, 2.24) is 10.3 Å². The molecular formula is C12H18N4O. The normalized spacial score (nSPS) is 23.4. The van der Waals surface area contributed by atoms with Crippen LogP contribution in [0.5, 0.6) is 5.75 Å². The molecular weight excluding hydrogens is 216 g/mol. The van der Waals surface area contributed by atoms with E-state index in [4.69, 9.17) is 10.5 Å². The van der Waals surface area contributed by atoms with Crippen LogP contribution in [0.4, 0.5) is 11.6 Å². The lowest BCUT2D eigenvalue weighted by atomic mass is 10.1. The van der Waals surface area contributed by atoms with Crippen LogP contribution in [-0.2, 0) is 0 Å². The lowest BCUT2D eigenvalue weighted by Crippen LogP contribution is -2.51. The lowest BCUT2D eigenvalue weighted by Gasteiger charge is -2.35. The third-order valence-corrected chi connectivity index (χ3v) is 3.53. The molecule has 3 heterocycles. The van der Waals surface area contributed by atoms with Crippen molar-refractivity contribution in [3.05, 3.63) is 11.6 Å². The number of rotatable bonds is 0. The molecule has 0 spiro atoms.